The number of benzene rings is 1. The lowest BCUT2D eigenvalue weighted by Crippen LogP contribution is -2.17. The number of fused-ring (bicyclic) bond motifs is 1. The van der Waals surface area contributed by atoms with Crippen LogP contribution in [0.25, 0.3) is 11.2 Å². The van der Waals surface area contributed by atoms with Gasteiger partial charge in [0, 0.05) is 24.4 Å². The number of nitrogens with zero attached hydrogens (tertiary/aromatic N) is 4. The van der Waals surface area contributed by atoms with E-state index in [1.165, 1.54) is 64.1 Å². The van der Waals surface area contributed by atoms with Gasteiger partial charge in [-0.1, -0.05) is 94.9 Å². The first-order valence-electron chi connectivity index (χ1n) is 15.7. The maximum absolute atomic E-state index is 13.1. The van der Waals surface area contributed by atoms with Gasteiger partial charge >= 0.3 is 7.60 Å². The fourth-order valence-corrected chi connectivity index (χ4v) is 6.94. The third-order valence-corrected chi connectivity index (χ3v) is 9.45. The summed E-state index contributed by atoms with van der Waals surface area (Å²) >= 11 is 6.10. The largest absolute Gasteiger partial charge is 0.367 e. The Morgan fingerprint density at radius 2 is 1.81 bits per heavy atom. The average molecular weight is 634 g/mol. The van der Waals surface area contributed by atoms with Crippen LogP contribution in [0.15, 0.2) is 36.9 Å². The van der Waals surface area contributed by atoms with Gasteiger partial charge in [0.25, 0.3) is 0 Å². The van der Waals surface area contributed by atoms with Crippen LogP contribution in [0.5, 0.6) is 0 Å². The van der Waals surface area contributed by atoms with Gasteiger partial charge in [0.2, 0.25) is 5.91 Å². The highest BCUT2D eigenvalue weighted by atomic mass is 35.5. The van der Waals surface area contributed by atoms with Gasteiger partial charge in [0.1, 0.15) is 12.7 Å². The van der Waals surface area contributed by atoms with Crippen molar-refractivity contribution >= 4 is 42.1 Å². The summed E-state index contributed by atoms with van der Waals surface area (Å²) in [5.74, 6) is 0.334. The van der Waals surface area contributed by atoms with E-state index >= 15 is 0 Å². The number of nitrogens with one attached hydrogen (secondary N) is 1. The monoisotopic (exact) mass is 633 g/mol. The van der Waals surface area contributed by atoms with Crippen LogP contribution in [0, 0.1) is 0 Å². The van der Waals surface area contributed by atoms with Gasteiger partial charge in [-0.2, -0.15) is 0 Å². The molecule has 1 saturated heterocycles. The predicted molar refractivity (Wildman–Crippen MR) is 169 cm³/mol. The Morgan fingerprint density at radius 3 is 2.56 bits per heavy atom. The number of carbonyl (C=O) groups is 1. The zero-order chi connectivity index (χ0) is 30.3. The number of halogens is 1. The van der Waals surface area contributed by atoms with E-state index in [-0.39, 0.29) is 25.0 Å². The van der Waals surface area contributed by atoms with Crippen molar-refractivity contribution in [2.75, 3.05) is 24.9 Å². The molecule has 12 heteroatoms. The van der Waals surface area contributed by atoms with Crippen molar-refractivity contribution in [2.45, 2.75) is 103 Å². The highest BCUT2D eigenvalue weighted by Crippen LogP contribution is 2.56. The van der Waals surface area contributed by atoms with E-state index in [0.29, 0.717) is 48.0 Å². The number of amides is 1. The van der Waals surface area contributed by atoms with Gasteiger partial charge in [-0.3, -0.25) is 13.9 Å². The predicted octanol–water partition coefficient (Wildman–Crippen LogP) is 8.46. The number of hydrogen-bond donors (Lipinski definition) is 1. The number of unbranched alkanes of at least 4 members (excludes halogenated alkanes) is 10. The minimum absolute atomic E-state index is 0.0675. The Morgan fingerprint density at radius 1 is 1.07 bits per heavy atom. The Balaban J connectivity index is 1.15. The molecule has 0 radical (unpaired) electrons. The standard InChI is InChI=1S/C31H45ClN5O5P/c1-2-3-4-5-6-7-8-9-10-11-12-16-28(38)36-30-29-31(34-22-33-30)37(23-35-29)18-20-40-24-43(39)41-19-17-27(42-43)25-14-13-15-26(32)21-25/h13-15,21-23,27H,2-12,16-20,24H2,1H3,(H,33,34,36,38). The van der Waals surface area contributed by atoms with E-state index < -0.39 is 7.60 Å². The molecule has 1 fully saturated rings. The van der Waals surface area contributed by atoms with Crippen molar-refractivity contribution in [1.82, 2.24) is 19.5 Å². The molecule has 1 N–H and O–H groups in total. The molecule has 4 rings (SSSR count). The van der Waals surface area contributed by atoms with Gasteiger partial charge in [0.05, 0.1) is 25.6 Å². The molecule has 3 heterocycles. The SMILES string of the molecule is CCCCCCCCCCCCCC(=O)Nc1ncnc2c1ncn2CCOCP1(=O)OCCC(c2cccc(Cl)c2)O1. The average Bonchev–Trinajstić information content (AvgIpc) is 3.42. The highest BCUT2D eigenvalue weighted by Gasteiger charge is 2.34. The number of hydrogen-bond acceptors (Lipinski definition) is 8. The summed E-state index contributed by atoms with van der Waals surface area (Å²) in [6.07, 6.45) is 17.2. The van der Waals surface area contributed by atoms with E-state index in [4.69, 9.17) is 25.4 Å². The lowest BCUT2D eigenvalue weighted by Gasteiger charge is -2.30. The van der Waals surface area contributed by atoms with E-state index in [1.54, 1.807) is 12.4 Å². The molecule has 43 heavy (non-hydrogen) atoms. The zero-order valence-corrected chi connectivity index (χ0v) is 26.9. The quantitative estimate of drug-likeness (QED) is 0.103. The van der Waals surface area contributed by atoms with Gasteiger partial charge in [-0.15, -0.1) is 0 Å². The summed E-state index contributed by atoms with van der Waals surface area (Å²) in [6.45, 7) is 3.22. The van der Waals surface area contributed by atoms with Crippen LogP contribution in [0.2, 0.25) is 5.02 Å². The van der Waals surface area contributed by atoms with E-state index in [9.17, 15) is 9.36 Å². The van der Waals surface area contributed by atoms with E-state index in [2.05, 4.69) is 27.2 Å². The smallest absolute Gasteiger partial charge is 0.356 e. The maximum Gasteiger partial charge on any atom is 0.356 e. The fourth-order valence-electron chi connectivity index (χ4n) is 5.20. The summed E-state index contributed by atoms with van der Waals surface area (Å²) in [4.78, 5) is 25.6. The molecule has 10 nitrogen and oxygen atoms in total. The molecule has 0 bridgehead atoms. The second-order valence-corrected chi connectivity index (χ2v) is 13.5. The summed E-state index contributed by atoms with van der Waals surface area (Å²) in [7, 11) is -3.42. The maximum atomic E-state index is 13.1. The molecule has 0 saturated carbocycles. The number of carbonyl (C=O) groups excluding carboxylic acids is 1. The minimum atomic E-state index is -3.42. The normalized spacial score (nSPS) is 18.7. The third-order valence-electron chi connectivity index (χ3n) is 7.57. The van der Waals surface area contributed by atoms with Gasteiger partial charge < -0.3 is 19.1 Å². The van der Waals surface area contributed by atoms with Gasteiger partial charge in [-0.05, 0) is 24.1 Å². The first-order valence-corrected chi connectivity index (χ1v) is 17.8. The Bertz CT molecular complexity index is 1340. The van der Waals surface area contributed by atoms with Crippen molar-refractivity contribution in [3.63, 3.8) is 0 Å². The number of aromatic nitrogens is 4. The number of rotatable bonds is 19. The van der Waals surface area contributed by atoms with Crippen molar-refractivity contribution in [3.8, 4) is 0 Å². The molecule has 236 valence electrons. The molecule has 2 atom stereocenters. The topological polar surface area (TPSA) is 117 Å². The number of imidazole rings is 1. The first-order chi connectivity index (χ1) is 21.0. The second-order valence-electron chi connectivity index (χ2n) is 11.1. The fraction of sp³-hybridized carbons (Fsp3) is 0.613. The van der Waals surface area contributed by atoms with Crippen molar-refractivity contribution in [2.24, 2.45) is 0 Å². The van der Waals surface area contributed by atoms with Crippen LogP contribution >= 0.6 is 19.2 Å². The van der Waals surface area contributed by atoms with E-state index in [0.717, 1.165) is 18.4 Å². The summed E-state index contributed by atoms with van der Waals surface area (Å²) in [5, 5.41) is 3.49. The molecular weight excluding hydrogens is 589 g/mol. The van der Waals surface area contributed by atoms with E-state index in [1.807, 2.05) is 22.8 Å². The van der Waals surface area contributed by atoms with Gasteiger partial charge in [-0.25, -0.2) is 15.0 Å². The molecule has 1 amide bonds. The molecule has 0 aliphatic carbocycles. The minimum Gasteiger partial charge on any atom is -0.367 e. The molecule has 1 aromatic carbocycles. The second kappa shape index (κ2) is 17.8. The van der Waals surface area contributed by atoms with Crippen LogP contribution in [-0.4, -0.2) is 45.0 Å². The van der Waals surface area contributed by atoms with Crippen LogP contribution in [-0.2, 0) is 29.7 Å². The molecule has 2 aromatic heterocycles. The van der Waals surface area contributed by atoms with Crippen LogP contribution in [0.1, 0.15) is 102 Å². The number of ether oxygens (including phenoxy) is 1. The molecule has 2 unspecified atom stereocenters. The lowest BCUT2D eigenvalue weighted by atomic mass is 10.1. The highest BCUT2D eigenvalue weighted by molar-refractivity contribution is 7.53. The first kappa shape index (κ1) is 33.5. The van der Waals surface area contributed by atoms with Crippen LogP contribution in [0.4, 0.5) is 5.82 Å². The Labute approximate surface area is 259 Å². The van der Waals surface area contributed by atoms with Crippen molar-refractivity contribution in [1.29, 1.82) is 0 Å². The molecular formula is C31H45ClN5O5P. The summed E-state index contributed by atoms with van der Waals surface area (Å²) in [5.41, 5.74) is 1.97. The van der Waals surface area contributed by atoms with Crippen molar-refractivity contribution in [3.05, 3.63) is 47.5 Å². The molecule has 3 aromatic rings. The summed E-state index contributed by atoms with van der Waals surface area (Å²) < 4.78 is 31.9. The Kier molecular flexibility index (Phi) is 13.9. The Hall–Kier alpha value is -2.36. The van der Waals surface area contributed by atoms with Gasteiger partial charge in [0.15, 0.2) is 17.0 Å². The molecule has 1 aliphatic rings. The van der Waals surface area contributed by atoms with Crippen LogP contribution < -0.4 is 5.32 Å². The lowest BCUT2D eigenvalue weighted by molar-refractivity contribution is -0.116. The molecule has 0 spiro atoms. The van der Waals surface area contributed by atoms with Crippen LogP contribution in [0.3, 0.4) is 0 Å². The number of anilines is 1. The zero-order valence-electron chi connectivity index (χ0n) is 25.2. The van der Waals surface area contributed by atoms with Crippen molar-refractivity contribution < 1.29 is 23.1 Å². The third kappa shape index (κ3) is 10.9. The summed E-state index contributed by atoms with van der Waals surface area (Å²) in [6, 6.07) is 7.33. The molecule has 1 aliphatic heterocycles.